The molecule has 1 aliphatic rings. The largest absolute Gasteiger partial charge is 0.474 e. The minimum absolute atomic E-state index is 0.0137. The lowest BCUT2D eigenvalue weighted by Gasteiger charge is -2.30. The van der Waals surface area contributed by atoms with Crippen LogP contribution in [-0.4, -0.2) is 22.6 Å². The number of hydrogen-bond donors (Lipinski definition) is 1. The van der Waals surface area contributed by atoms with E-state index < -0.39 is 4.92 Å². The van der Waals surface area contributed by atoms with E-state index in [9.17, 15) is 10.1 Å². The summed E-state index contributed by atoms with van der Waals surface area (Å²) < 4.78 is 5.98. The van der Waals surface area contributed by atoms with Crippen LogP contribution in [0.2, 0.25) is 0 Å². The monoisotopic (exact) mass is 293 g/mol. The quantitative estimate of drug-likeness (QED) is 0.638. The highest BCUT2D eigenvalue weighted by atomic mass is 16.6. The number of nitrogens with zero attached hydrogens (tertiary/aromatic N) is 2. The first-order valence-electron chi connectivity index (χ1n) is 7.71. The molecule has 0 aromatic carbocycles. The summed E-state index contributed by atoms with van der Waals surface area (Å²) >= 11 is 0. The van der Waals surface area contributed by atoms with Crippen LogP contribution in [0.4, 0.5) is 11.5 Å². The number of nitrogens with one attached hydrogen (secondary N) is 1. The summed E-state index contributed by atoms with van der Waals surface area (Å²) in [5.74, 6) is 1.36. The van der Waals surface area contributed by atoms with Crippen molar-refractivity contribution in [3.63, 3.8) is 0 Å². The van der Waals surface area contributed by atoms with Crippen LogP contribution in [-0.2, 0) is 0 Å². The third-order valence-electron chi connectivity index (χ3n) is 3.99. The molecule has 0 aliphatic heterocycles. The zero-order valence-electron chi connectivity index (χ0n) is 12.7. The maximum atomic E-state index is 11.0. The van der Waals surface area contributed by atoms with Crippen molar-refractivity contribution in [2.45, 2.75) is 52.1 Å². The van der Waals surface area contributed by atoms with Gasteiger partial charge in [-0.05, 0) is 38.5 Å². The third kappa shape index (κ3) is 4.06. The highest BCUT2D eigenvalue weighted by Gasteiger charge is 2.26. The van der Waals surface area contributed by atoms with Crippen LogP contribution in [0.1, 0.15) is 46.0 Å². The van der Waals surface area contributed by atoms with Crippen molar-refractivity contribution in [1.82, 2.24) is 4.98 Å². The topological polar surface area (TPSA) is 77.3 Å². The number of pyridine rings is 1. The molecule has 6 nitrogen and oxygen atoms in total. The van der Waals surface area contributed by atoms with Crippen LogP contribution in [0, 0.1) is 16.0 Å². The van der Waals surface area contributed by atoms with E-state index in [2.05, 4.69) is 17.2 Å². The summed E-state index contributed by atoms with van der Waals surface area (Å²) in [5, 5.41) is 14.0. The van der Waals surface area contributed by atoms with Gasteiger partial charge in [-0.15, -0.1) is 0 Å². The first kappa shape index (κ1) is 15.5. The van der Waals surface area contributed by atoms with Gasteiger partial charge < -0.3 is 10.1 Å². The molecule has 2 rings (SSSR count). The summed E-state index contributed by atoms with van der Waals surface area (Å²) in [4.78, 5) is 14.9. The van der Waals surface area contributed by atoms with Gasteiger partial charge in [-0.3, -0.25) is 10.1 Å². The zero-order chi connectivity index (χ0) is 15.2. The Morgan fingerprint density at radius 1 is 1.38 bits per heavy atom. The molecule has 1 aliphatic carbocycles. The summed E-state index contributed by atoms with van der Waals surface area (Å²) in [5.41, 5.74) is 0.0137. The molecule has 2 atom stereocenters. The summed E-state index contributed by atoms with van der Waals surface area (Å²) in [6.45, 7) is 4.75. The Bertz CT molecular complexity index is 493. The summed E-state index contributed by atoms with van der Waals surface area (Å²) in [6.07, 6.45) is 5.74. The molecular formula is C15H23N3O3. The van der Waals surface area contributed by atoms with Crippen LogP contribution < -0.4 is 10.1 Å². The summed E-state index contributed by atoms with van der Waals surface area (Å²) in [7, 11) is 0. The molecule has 0 amide bonds. The Hall–Kier alpha value is -1.85. The normalized spacial score (nSPS) is 21.8. The molecule has 1 saturated carbocycles. The number of ether oxygens (including phenoxy) is 1. The van der Waals surface area contributed by atoms with Gasteiger partial charge in [0, 0.05) is 6.54 Å². The molecule has 2 unspecified atom stereocenters. The molecule has 1 heterocycles. The lowest BCUT2D eigenvalue weighted by molar-refractivity contribution is -0.384. The number of anilines is 1. The molecule has 21 heavy (non-hydrogen) atoms. The van der Waals surface area contributed by atoms with Gasteiger partial charge in [0.15, 0.2) is 0 Å². The van der Waals surface area contributed by atoms with Gasteiger partial charge in [0.2, 0.25) is 5.88 Å². The molecule has 1 fully saturated rings. The average molecular weight is 293 g/mol. The van der Waals surface area contributed by atoms with Crippen LogP contribution >= 0.6 is 0 Å². The minimum Gasteiger partial charge on any atom is -0.474 e. The maximum absolute atomic E-state index is 11.0. The molecule has 1 aromatic heterocycles. The van der Waals surface area contributed by atoms with Crippen LogP contribution in [0.5, 0.6) is 5.88 Å². The predicted octanol–water partition coefficient (Wildman–Crippen LogP) is 3.77. The van der Waals surface area contributed by atoms with Crippen molar-refractivity contribution in [3.8, 4) is 5.88 Å². The van der Waals surface area contributed by atoms with Crippen LogP contribution in [0.15, 0.2) is 12.1 Å². The average Bonchev–Trinajstić information content (AvgIpc) is 2.48. The van der Waals surface area contributed by atoms with Crippen LogP contribution in [0.3, 0.4) is 0 Å². The van der Waals surface area contributed by atoms with Gasteiger partial charge in [-0.1, -0.05) is 13.3 Å². The molecule has 116 valence electrons. The molecule has 6 heteroatoms. The second kappa shape index (κ2) is 7.24. The molecule has 0 spiro atoms. The van der Waals surface area contributed by atoms with E-state index in [1.807, 2.05) is 6.92 Å². The molecule has 0 bridgehead atoms. The lowest BCUT2D eigenvalue weighted by Crippen LogP contribution is -2.30. The van der Waals surface area contributed by atoms with E-state index >= 15 is 0 Å². The Morgan fingerprint density at radius 2 is 2.14 bits per heavy atom. The van der Waals surface area contributed by atoms with E-state index in [1.54, 1.807) is 0 Å². The van der Waals surface area contributed by atoms with Crippen molar-refractivity contribution in [3.05, 3.63) is 22.2 Å². The number of nitro groups is 1. The van der Waals surface area contributed by atoms with Crippen molar-refractivity contribution in [1.29, 1.82) is 0 Å². The van der Waals surface area contributed by atoms with Gasteiger partial charge in [-0.25, -0.2) is 0 Å². The molecule has 1 aromatic rings. The highest BCUT2D eigenvalue weighted by Crippen LogP contribution is 2.31. The Labute approximate surface area is 125 Å². The van der Waals surface area contributed by atoms with E-state index in [-0.39, 0.29) is 11.8 Å². The van der Waals surface area contributed by atoms with Crippen molar-refractivity contribution in [2.75, 3.05) is 11.9 Å². The Morgan fingerprint density at radius 3 is 2.81 bits per heavy atom. The molecule has 0 saturated heterocycles. The second-order valence-corrected chi connectivity index (χ2v) is 5.45. The molecule has 0 radical (unpaired) electrons. The van der Waals surface area contributed by atoms with Crippen molar-refractivity contribution >= 4 is 11.5 Å². The molecular weight excluding hydrogens is 270 g/mol. The number of hydrogen-bond acceptors (Lipinski definition) is 5. The van der Waals surface area contributed by atoms with E-state index in [0.717, 1.165) is 25.7 Å². The standard InChI is InChI=1S/C15H23N3O3/c1-3-11-7-5-6-8-13(11)21-15-10-12(18(19)20)9-14(17-15)16-4-2/h9-11,13H,3-8H2,1-2H3,(H,16,17). The fourth-order valence-electron chi connectivity index (χ4n) is 2.88. The fourth-order valence-corrected chi connectivity index (χ4v) is 2.88. The smallest absolute Gasteiger partial charge is 0.278 e. The van der Waals surface area contributed by atoms with E-state index in [0.29, 0.717) is 24.2 Å². The van der Waals surface area contributed by atoms with Gasteiger partial charge in [0.05, 0.1) is 17.1 Å². The number of rotatable bonds is 6. The first-order valence-corrected chi connectivity index (χ1v) is 7.71. The SMILES string of the molecule is CCNc1cc([N+](=O)[O-])cc(OC2CCCCC2CC)n1. The van der Waals surface area contributed by atoms with Gasteiger partial charge in [0.1, 0.15) is 11.9 Å². The first-order chi connectivity index (χ1) is 10.1. The third-order valence-corrected chi connectivity index (χ3v) is 3.99. The van der Waals surface area contributed by atoms with Gasteiger partial charge >= 0.3 is 0 Å². The van der Waals surface area contributed by atoms with E-state index in [4.69, 9.17) is 4.74 Å². The Balaban J connectivity index is 2.19. The highest BCUT2D eigenvalue weighted by molar-refractivity contribution is 5.48. The zero-order valence-corrected chi connectivity index (χ0v) is 12.7. The van der Waals surface area contributed by atoms with Gasteiger partial charge in [-0.2, -0.15) is 4.98 Å². The van der Waals surface area contributed by atoms with Crippen molar-refractivity contribution in [2.24, 2.45) is 5.92 Å². The van der Waals surface area contributed by atoms with E-state index in [1.165, 1.54) is 18.6 Å². The summed E-state index contributed by atoms with van der Waals surface area (Å²) in [6, 6.07) is 2.86. The van der Waals surface area contributed by atoms with Gasteiger partial charge in [0.25, 0.3) is 5.69 Å². The minimum atomic E-state index is -0.409. The molecule has 1 N–H and O–H groups in total. The second-order valence-electron chi connectivity index (χ2n) is 5.45. The van der Waals surface area contributed by atoms with Crippen molar-refractivity contribution < 1.29 is 9.66 Å². The lowest BCUT2D eigenvalue weighted by atomic mass is 9.85. The number of aromatic nitrogens is 1. The Kier molecular flexibility index (Phi) is 5.36. The van der Waals surface area contributed by atoms with Crippen LogP contribution in [0.25, 0.3) is 0 Å². The predicted molar refractivity (Wildman–Crippen MR) is 81.7 cm³/mol. The maximum Gasteiger partial charge on any atom is 0.278 e. The fraction of sp³-hybridized carbons (Fsp3) is 0.667.